The molecule has 144 valence electrons. The van der Waals surface area contributed by atoms with Gasteiger partial charge in [-0.2, -0.15) is 0 Å². The number of rotatable bonds is 7. The maximum Gasteiger partial charge on any atom is 0.249 e. The molecule has 3 N–H and O–H groups in total. The number of carbonyl (C=O) groups is 1. The first kappa shape index (κ1) is 23.9. The molecule has 4 atom stereocenters. The van der Waals surface area contributed by atoms with Gasteiger partial charge in [-0.3, -0.25) is 4.79 Å². The van der Waals surface area contributed by atoms with Crippen molar-refractivity contribution in [3.8, 4) is 0 Å². The maximum atomic E-state index is 12.0. The molecule has 0 saturated carbocycles. The summed E-state index contributed by atoms with van der Waals surface area (Å²) in [4.78, 5) is 14.5. The molecular formula is C17H35Cl2N3O2. The van der Waals surface area contributed by atoms with Crippen molar-refractivity contribution in [2.24, 2.45) is 17.6 Å². The topological polar surface area (TPSA) is 67.6 Å². The molecule has 5 nitrogen and oxygen atoms in total. The van der Waals surface area contributed by atoms with Crippen LogP contribution in [0.3, 0.4) is 0 Å². The second kappa shape index (κ2) is 12.3. The highest BCUT2D eigenvalue weighted by Gasteiger charge is 2.29. The van der Waals surface area contributed by atoms with Gasteiger partial charge in [-0.1, -0.05) is 13.8 Å². The van der Waals surface area contributed by atoms with Crippen LogP contribution >= 0.6 is 24.8 Å². The van der Waals surface area contributed by atoms with Gasteiger partial charge in [-0.15, -0.1) is 24.8 Å². The Kier molecular flexibility index (Phi) is 12.3. The summed E-state index contributed by atoms with van der Waals surface area (Å²) >= 11 is 0. The zero-order chi connectivity index (χ0) is 15.9. The van der Waals surface area contributed by atoms with Gasteiger partial charge in [-0.05, 0) is 50.5 Å². The Morgan fingerprint density at radius 1 is 1.17 bits per heavy atom. The average Bonchev–Trinajstić information content (AvgIpc) is 2.94. The first-order chi connectivity index (χ1) is 10.6. The molecule has 0 aromatic heterocycles. The lowest BCUT2D eigenvalue weighted by Gasteiger charge is -2.34. The highest BCUT2D eigenvalue weighted by molar-refractivity contribution is 5.85. The number of nitrogens with zero attached hydrogens (tertiary/aromatic N) is 1. The lowest BCUT2D eigenvalue weighted by atomic mass is 9.92. The van der Waals surface area contributed by atoms with Crippen LogP contribution in [-0.4, -0.2) is 55.7 Å². The first-order valence-electron chi connectivity index (χ1n) is 8.94. The summed E-state index contributed by atoms with van der Waals surface area (Å²) in [5.41, 5.74) is 5.56. The third-order valence-corrected chi connectivity index (χ3v) is 4.81. The Hall–Kier alpha value is -0.0700. The van der Waals surface area contributed by atoms with E-state index < -0.39 is 0 Å². The number of hydrogen-bond donors (Lipinski definition) is 2. The van der Waals surface area contributed by atoms with Gasteiger partial charge >= 0.3 is 0 Å². The van der Waals surface area contributed by atoms with E-state index in [1.807, 2.05) is 0 Å². The van der Waals surface area contributed by atoms with Crippen molar-refractivity contribution < 1.29 is 9.53 Å². The van der Waals surface area contributed by atoms with Crippen LogP contribution in [-0.2, 0) is 9.53 Å². The van der Waals surface area contributed by atoms with Gasteiger partial charge in [0.05, 0.1) is 6.10 Å². The van der Waals surface area contributed by atoms with Gasteiger partial charge in [-0.25, -0.2) is 0 Å². The molecule has 2 aliphatic heterocycles. The van der Waals surface area contributed by atoms with Crippen molar-refractivity contribution in [3.63, 3.8) is 0 Å². The smallest absolute Gasteiger partial charge is 0.249 e. The highest BCUT2D eigenvalue weighted by atomic mass is 35.5. The van der Waals surface area contributed by atoms with E-state index in [0.29, 0.717) is 6.54 Å². The summed E-state index contributed by atoms with van der Waals surface area (Å²) in [7, 11) is 0. The molecule has 1 amide bonds. The van der Waals surface area contributed by atoms with E-state index in [-0.39, 0.29) is 42.9 Å². The summed E-state index contributed by atoms with van der Waals surface area (Å²) in [5, 5.41) is 3.00. The fourth-order valence-corrected chi connectivity index (χ4v) is 3.83. The Balaban J connectivity index is 0.00000264. The molecule has 7 heteroatoms. The molecule has 2 saturated heterocycles. The predicted molar refractivity (Wildman–Crippen MR) is 103 cm³/mol. The number of likely N-dealkylation sites (tertiary alicyclic amines) is 1. The molecule has 2 rings (SSSR count). The van der Waals surface area contributed by atoms with Gasteiger partial charge in [0.1, 0.15) is 6.10 Å². The number of unbranched alkanes of at least 4 members (excludes halogenated alkanes) is 1. The van der Waals surface area contributed by atoms with Crippen LogP contribution in [0.25, 0.3) is 0 Å². The summed E-state index contributed by atoms with van der Waals surface area (Å²) < 4.78 is 5.60. The molecule has 2 heterocycles. The minimum atomic E-state index is -0.280. The molecule has 0 radical (unpaired) electrons. The number of ether oxygens (including phenoxy) is 1. The van der Waals surface area contributed by atoms with Crippen LogP contribution in [0.15, 0.2) is 0 Å². The van der Waals surface area contributed by atoms with E-state index in [1.165, 1.54) is 19.5 Å². The van der Waals surface area contributed by atoms with E-state index in [0.717, 1.165) is 50.6 Å². The zero-order valence-electron chi connectivity index (χ0n) is 15.0. The summed E-state index contributed by atoms with van der Waals surface area (Å²) in [6.45, 7) is 9.57. The average molecular weight is 384 g/mol. The van der Waals surface area contributed by atoms with Crippen molar-refractivity contribution in [1.82, 2.24) is 10.2 Å². The largest absolute Gasteiger partial charge is 0.364 e. The van der Waals surface area contributed by atoms with E-state index in [2.05, 4.69) is 24.1 Å². The molecule has 2 aliphatic rings. The van der Waals surface area contributed by atoms with Crippen LogP contribution in [0.4, 0.5) is 0 Å². The molecule has 0 aliphatic carbocycles. The Labute approximate surface area is 159 Å². The summed E-state index contributed by atoms with van der Waals surface area (Å²) in [5.74, 6) is 1.67. The monoisotopic (exact) mass is 383 g/mol. The standard InChI is InChI=1S/C17H33N3O2.2ClH/c1-13-9-14(2)12-20(11-13)8-4-3-7-19-17(21)16-6-5-15(10-18)22-16;;/h13-16H,3-12,18H2,1-2H3,(H,19,21);2*1H/t13?,14?,15-,16+;;/m1../s1. The van der Waals surface area contributed by atoms with E-state index >= 15 is 0 Å². The lowest BCUT2D eigenvalue weighted by Crippen LogP contribution is -2.39. The van der Waals surface area contributed by atoms with Crippen molar-refractivity contribution in [3.05, 3.63) is 0 Å². The van der Waals surface area contributed by atoms with Crippen molar-refractivity contribution in [2.45, 2.75) is 58.2 Å². The number of carbonyl (C=O) groups excluding carboxylic acids is 1. The predicted octanol–water partition coefficient (Wildman–Crippen LogP) is 2.21. The molecule has 0 bridgehead atoms. The quantitative estimate of drug-likeness (QED) is 0.661. The number of halogens is 2. The van der Waals surface area contributed by atoms with Crippen LogP contribution in [0.2, 0.25) is 0 Å². The van der Waals surface area contributed by atoms with Gasteiger partial charge in [0.15, 0.2) is 0 Å². The highest BCUT2D eigenvalue weighted by Crippen LogP contribution is 2.21. The second-order valence-electron chi connectivity index (χ2n) is 7.26. The molecule has 24 heavy (non-hydrogen) atoms. The Morgan fingerprint density at radius 3 is 2.42 bits per heavy atom. The lowest BCUT2D eigenvalue weighted by molar-refractivity contribution is -0.131. The Morgan fingerprint density at radius 2 is 1.83 bits per heavy atom. The minimum Gasteiger partial charge on any atom is -0.364 e. The molecular weight excluding hydrogens is 349 g/mol. The van der Waals surface area contributed by atoms with Gasteiger partial charge in [0, 0.05) is 26.2 Å². The zero-order valence-corrected chi connectivity index (χ0v) is 16.7. The van der Waals surface area contributed by atoms with Crippen LogP contribution < -0.4 is 11.1 Å². The minimum absolute atomic E-state index is 0. The third-order valence-electron chi connectivity index (χ3n) is 4.81. The van der Waals surface area contributed by atoms with E-state index in [1.54, 1.807) is 0 Å². The molecule has 0 aromatic carbocycles. The van der Waals surface area contributed by atoms with Gasteiger partial charge in [0.2, 0.25) is 5.91 Å². The molecule has 2 fully saturated rings. The second-order valence-corrected chi connectivity index (χ2v) is 7.26. The van der Waals surface area contributed by atoms with E-state index in [4.69, 9.17) is 10.5 Å². The number of nitrogens with one attached hydrogen (secondary N) is 1. The number of amides is 1. The Bertz CT molecular complexity index is 351. The van der Waals surface area contributed by atoms with Crippen molar-refractivity contribution >= 4 is 30.7 Å². The number of hydrogen-bond acceptors (Lipinski definition) is 4. The van der Waals surface area contributed by atoms with Crippen molar-refractivity contribution in [1.29, 1.82) is 0 Å². The van der Waals surface area contributed by atoms with E-state index in [9.17, 15) is 4.79 Å². The van der Waals surface area contributed by atoms with Crippen LogP contribution in [0.1, 0.15) is 46.0 Å². The maximum absolute atomic E-state index is 12.0. The fourth-order valence-electron chi connectivity index (χ4n) is 3.83. The molecule has 0 spiro atoms. The molecule has 2 unspecified atom stereocenters. The molecule has 0 aromatic rings. The third kappa shape index (κ3) is 7.87. The number of piperidine rings is 1. The first-order valence-corrected chi connectivity index (χ1v) is 8.94. The SMILES string of the molecule is CC1CC(C)CN(CCCCNC(=O)[C@@H]2CC[C@H](CN)O2)C1.Cl.Cl. The van der Waals surface area contributed by atoms with Gasteiger partial charge in [0.25, 0.3) is 0 Å². The normalized spacial score (nSPS) is 30.3. The summed E-state index contributed by atoms with van der Waals surface area (Å²) in [6, 6.07) is 0. The summed E-state index contributed by atoms with van der Waals surface area (Å²) in [6.07, 6.45) is 5.04. The van der Waals surface area contributed by atoms with Crippen LogP contribution in [0, 0.1) is 11.8 Å². The van der Waals surface area contributed by atoms with Crippen molar-refractivity contribution in [2.75, 3.05) is 32.7 Å². The number of nitrogens with two attached hydrogens (primary N) is 1. The van der Waals surface area contributed by atoms with Crippen LogP contribution in [0.5, 0.6) is 0 Å². The van der Waals surface area contributed by atoms with Gasteiger partial charge < -0.3 is 20.7 Å². The fraction of sp³-hybridized carbons (Fsp3) is 0.941.